The normalized spacial score (nSPS) is 14.1. The zero-order valence-electron chi connectivity index (χ0n) is 16.8. The summed E-state index contributed by atoms with van der Waals surface area (Å²) >= 11 is 0. The quantitative estimate of drug-likeness (QED) is 0.692. The maximum absolute atomic E-state index is 12.3. The fraction of sp³-hybridized carbons (Fsp3) is 0.364. The Morgan fingerprint density at radius 3 is 2.53 bits per heavy atom. The highest BCUT2D eigenvalue weighted by molar-refractivity contribution is 5.94. The Bertz CT molecular complexity index is 837. The van der Waals surface area contributed by atoms with Crippen molar-refractivity contribution in [1.82, 2.24) is 15.2 Å². The molecule has 2 aromatic rings. The number of nitrogens with one attached hydrogen (secondary N) is 2. The van der Waals surface area contributed by atoms with Crippen LogP contribution in [0.4, 0.5) is 5.69 Å². The third-order valence-corrected chi connectivity index (χ3v) is 4.91. The summed E-state index contributed by atoms with van der Waals surface area (Å²) in [5.41, 5.74) is 0.583. The van der Waals surface area contributed by atoms with Crippen molar-refractivity contribution in [2.75, 3.05) is 31.6 Å². The molecule has 0 unspecified atom stereocenters. The van der Waals surface area contributed by atoms with Gasteiger partial charge in [-0.3, -0.25) is 19.4 Å². The summed E-state index contributed by atoms with van der Waals surface area (Å²) in [6, 6.07) is 12.8. The Hall–Kier alpha value is -3.42. The summed E-state index contributed by atoms with van der Waals surface area (Å²) in [5, 5.41) is 5.35. The number of rotatable bonds is 8. The minimum Gasteiger partial charge on any atom is -0.493 e. The predicted octanol–water partition coefficient (Wildman–Crippen LogP) is 1.84. The van der Waals surface area contributed by atoms with Crippen LogP contribution in [0.25, 0.3) is 0 Å². The monoisotopic (exact) mass is 410 g/mol. The Kier molecular flexibility index (Phi) is 7.77. The van der Waals surface area contributed by atoms with E-state index < -0.39 is 0 Å². The van der Waals surface area contributed by atoms with Crippen LogP contribution in [0, 0.1) is 5.92 Å². The lowest BCUT2D eigenvalue weighted by Crippen LogP contribution is -2.44. The molecular formula is C22H26N4O4. The predicted molar refractivity (Wildman–Crippen MR) is 112 cm³/mol. The maximum atomic E-state index is 12.3. The van der Waals surface area contributed by atoms with Gasteiger partial charge in [0.25, 0.3) is 0 Å². The van der Waals surface area contributed by atoms with Gasteiger partial charge in [0.15, 0.2) is 0 Å². The molecule has 2 heterocycles. The molecule has 0 saturated carbocycles. The van der Waals surface area contributed by atoms with Crippen LogP contribution in [0.1, 0.15) is 19.3 Å². The molecule has 0 aliphatic carbocycles. The summed E-state index contributed by atoms with van der Waals surface area (Å²) in [6.07, 6.45) is 4.63. The Labute approximate surface area is 175 Å². The van der Waals surface area contributed by atoms with Gasteiger partial charge in [-0.1, -0.05) is 18.2 Å². The molecule has 3 amide bonds. The SMILES string of the molecule is O=C(CNC(=O)C1CCN(C(=O)CCOc2ccccc2)CC1)Nc1cccnc1. The summed E-state index contributed by atoms with van der Waals surface area (Å²) in [4.78, 5) is 42.3. The van der Waals surface area contributed by atoms with Crippen LogP contribution in [-0.2, 0) is 14.4 Å². The molecule has 0 bridgehead atoms. The van der Waals surface area contributed by atoms with E-state index in [0.717, 1.165) is 5.75 Å². The van der Waals surface area contributed by atoms with Gasteiger partial charge in [-0.05, 0) is 37.1 Å². The fourth-order valence-corrected chi connectivity index (χ4v) is 3.28. The number of likely N-dealkylation sites (tertiary alicyclic amines) is 1. The van der Waals surface area contributed by atoms with Gasteiger partial charge in [0.2, 0.25) is 17.7 Å². The molecule has 0 spiro atoms. The molecule has 1 aliphatic heterocycles. The molecule has 0 radical (unpaired) electrons. The molecule has 30 heavy (non-hydrogen) atoms. The van der Waals surface area contributed by atoms with E-state index in [4.69, 9.17) is 4.74 Å². The minimum absolute atomic E-state index is 0.0284. The third-order valence-electron chi connectivity index (χ3n) is 4.91. The molecule has 0 atom stereocenters. The fourth-order valence-electron chi connectivity index (χ4n) is 3.28. The molecule has 1 fully saturated rings. The largest absolute Gasteiger partial charge is 0.493 e. The number of anilines is 1. The van der Waals surface area contributed by atoms with E-state index in [1.54, 1.807) is 23.2 Å². The highest BCUT2D eigenvalue weighted by atomic mass is 16.5. The van der Waals surface area contributed by atoms with Gasteiger partial charge >= 0.3 is 0 Å². The topological polar surface area (TPSA) is 101 Å². The first-order chi connectivity index (χ1) is 14.6. The number of hydrogen-bond acceptors (Lipinski definition) is 5. The number of ether oxygens (including phenoxy) is 1. The smallest absolute Gasteiger partial charge is 0.243 e. The van der Waals surface area contributed by atoms with Crippen LogP contribution in [0.5, 0.6) is 5.75 Å². The van der Waals surface area contributed by atoms with Gasteiger partial charge in [-0.15, -0.1) is 0 Å². The number of piperidine rings is 1. The van der Waals surface area contributed by atoms with E-state index in [1.165, 1.54) is 6.20 Å². The van der Waals surface area contributed by atoms with Crippen molar-refractivity contribution in [3.63, 3.8) is 0 Å². The lowest BCUT2D eigenvalue weighted by atomic mass is 9.95. The molecular weight excluding hydrogens is 384 g/mol. The van der Waals surface area contributed by atoms with E-state index in [0.29, 0.717) is 44.6 Å². The van der Waals surface area contributed by atoms with Crippen molar-refractivity contribution in [1.29, 1.82) is 0 Å². The number of carbonyl (C=O) groups excluding carboxylic acids is 3. The first kappa shape index (κ1) is 21.3. The summed E-state index contributed by atoms with van der Waals surface area (Å²) in [5.74, 6) is 0.118. The van der Waals surface area contributed by atoms with Gasteiger partial charge in [-0.25, -0.2) is 0 Å². The molecule has 158 valence electrons. The van der Waals surface area contributed by atoms with Crippen LogP contribution in [-0.4, -0.2) is 53.8 Å². The first-order valence-electron chi connectivity index (χ1n) is 10.0. The molecule has 1 aromatic heterocycles. The molecule has 1 aliphatic rings. The minimum atomic E-state index is -0.303. The maximum Gasteiger partial charge on any atom is 0.243 e. The highest BCUT2D eigenvalue weighted by Crippen LogP contribution is 2.18. The number of hydrogen-bond donors (Lipinski definition) is 2. The molecule has 1 saturated heterocycles. The van der Waals surface area contributed by atoms with Crippen molar-refractivity contribution in [2.24, 2.45) is 5.92 Å². The van der Waals surface area contributed by atoms with E-state index >= 15 is 0 Å². The van der Waals surface area contributed by atoms with Crippen molar-refractivity contribution in [2.45, 2.75) is 19.3 Å². The van der Waals surface area contributed by atoms with Gasteiger partial charge in [-0.2, -0.15) is 0 Å². The van der Waals surface area contributed by atoms with Crippen LogP contribution in [0.15, 0.2) is 54.9 Å². The number of benzene rings is 1. The highest BCUT2D eigenvalue weighted by Gasteiger charge is 2.27. The van der Waals surface area contributed by atoms with Crippen molar-refractivity contribution in [3.05, 3.63) is 54.9 Å². The number of aromatic nitrogens is 1. The van der Waals surface area contributed by atoms with Crippen molar-refractivity contribution >= 4 is 23.4 Å². The first-order valence-corrected chi connectivity index (χ1v) is 10.0. The van der Waals surface area contributed by atoms with E-state index in [-0.39, 0.29) is 30.2 Å². The number of pyridine rings is 1. The average molecular weight is 410 g/mol. The van der Waals surface area contributed by atoms with Crippen molar-refractivity contribution in [3.8, 4) is 5.75 Å². The zero-order valence-corrected chi connectivity index (χ0v) is 16.8. The molecule has 8 heteroatoms. The molecule has 3 rings (SSSR count). The summed E-state index contributed by atoms with van der Waals surface area (Å²) in [7, 11) is 0. The molecule has 2 N–H and O–H groups in total. The Morgan fingerprint density at radius 2 is 1.83 bits per heavy atom. The lowest BCUT2D eigenvalue weighted by Gasteiger charge is -2.31. The summed E-state index contributed by atoms with van der Waals surface area (Å²) in [6.45, 7) is 1.30. The van der Waals surface area contributed by atoms with E-state index in [9.17, 15) is 14.4 Å². The standard InChI is InChI=1S/C22H26N4O4/c27-20(25-18-5-4-11-23-15-18)16-24-22(29)17-8-12-26(13-9-17)21(28)10-14-30-19-6-2-1-3-7-19/h1-7,11,15,17H,8-10,12-14,16H2,(H,24,29)(H,25,27). The number of para-hydroxylation sites is 1. The average Bonchev–Trinajstić information content (AvgIpc) is 2.79. The second kappa shape index (κ2) is 10.9. The zero-order chi connectivity index (χ0) is 21.2. The van der Waals surface area contributed by atoms with Gasteiger partial charge in [0.1, 0.15) is 5.75 Å². The van der Waals surface area contributed by atoms with Gasteiger partial charge in [0, 0.05) is 25.2 Å². The third kappa shape index (κ3) is 6.58. The van der Waals surface area contributed by atoms with Crippen LogP contribution < -0.4 is 15.4 Å². The number of nitrogens with zero attached hydrogens (tertiary/aromatic N) is 2. The lowest BCUT2D eigenvalue weighted by molar-refractivity contribution is -0.136. The second-order valence-electron chi connectivity index (χ2n) is 7.07. The van der Waals surface area contributed by atoms with Gasteiger partial charge < -0.3 is 20.3 Å². The second-order valence-corrected chi connectivity index (χ2v) is 7.07. The van der Waals surface area contributed by atoms with Crippen LogP contribution in [0.3, 0.4) is 0 Å². The molecule has 1 aromatic carbocycles. The number of amides is 3. The summed E-state index contributed by atoms with van der Waals surface area (Å²) < 4.78 is 5.57. The Morgan fingerprint density at radius 1 is 1.07 bits per heavy atom. The van der Waals surface area contributed by atoms with Crippen LogP contribution in [0.2, 0.25) is 0 Å². The van der Waals surface area contributed by atoms with E-state index in [1.807, 2.05) is 30.3 Å². The van der Waals surface area contributed by atoms with Gasteiger partial charge in [0.05, 0.1) is 31.5 Å². The van der Waals surface area contributed by atoms with E-state index in [2.05, 4.69) is 15.6 Å². The van der Waals surface area contributed by atoms with Crippen LogP contribution >= 0.6 is 0 Å². The van der Waals surface area contributed by atoms with Crippen molar-refractivity contribution < 1.29 is 19.1 Å². The Balaban J connectivity index is 1.32. The number of carbonyl (C=O) groups is 3. The molecule has 8 nitrogen and oxygen atoms in total.